The Morgan fingerprint density at radius 3 is 2.57 bits per heavy atom. The highest BCUT2D eigenvalue weighted by molar-refractivity contribution is 14.0. The molecule has 9 heteroatoms. The molecular weight excluding hydrogens is 473 g/mol. The summed E-state index contributed by atoms with van der Waals surface area (Å²) in [6.07, 6.45) is 1.12. The van der Waals surface area contributed by atoms with Crippen molar-refractivity contribution in [2.75, 3.05) is 39.4 Å². The van der Waals surface area contributed by atoms with Crippen molar-refractivity contribution in [1.29, 1.82) is 0 Å². The maximum Gasteiger partial charge on any atom is 0.284 e. The normalized spacial score (nSPS) is 16.5. The van der Waals surface area contributed by atoms with E-state index in [-0.39, 0.29) is 29.7 Å². The minimum atomic E-state index is -0.572. The van der Waals surface area contributed by atoms with Gasteiger partial charge in [-0.05, 0) is 31.4 Å². The number of hydrogen-bond donors (Lipinski definition) is 3. The number of nitrogens with two attached hydrogens (primary N) is 1. The summed E-state index contributed by atoms with van der Waals surface area (Å²) >= 11 is 0. The number of amides is 1. The van der Waals surface area contributed by atoms with Crippen LogP contribution in [0.5, 0.6) is 0 Å². The lowest BCUT2D eigenvalue weighted by Gasteiger charge is -2.35. The summed E-state index contributed by atoms with van der Waals surface area (Å²) in [5.41, 5.74) is 5.22. The lowest BCUT2D eigenvalue weighted by atomic mass is 10.0. The maximum absolute atomic E-state index is 11.1. The second kappa shape index (κ2) is 13.0. The van der Waals surface area contributed by atoms with Crippen LogP contribution in [-0.4, -0.2) is 62.2 Å². The van der Waals surface area contributed by atoms with Gasteiger partial charge in [-0.15, -0.1) is 24.0 Å². The monoisotopic (exact) mass is 507 g/mol. The lowest BCUT2D eigenvalue weighted by molar-refractivity contribution is 0.0132. The van der Waals surface area contributed by atoms with Gasteiger partial charge in [-0.2, -0.15) is 0 Å². The van der Waals surface area contributed by atoms with Crippen molar-refractivity contribution in [3.8, 4) is 0 Å². The summed E-state index contributed by atoms with van der Waals surface area (Å²) in [6, 6.07) is 3.73. The van der Waals surface area contributed by atoms with Crippen molar-refractivity contribution in [3.63, 3.8) is 0 Å². The minimum absolute atomic E-state index is 0. The quantitative estimate of drug-likeness (QED) is 0.268. The Hall–Kier alpha value is -1.33. The van der Waals surface area contributed by atoms with E-state index in [1.54, 1.807) is 12.1 Å². The number of nitrogens with zero attached hydrogens (tertiary/aromatic N) is 2. The summed E-state index contributed by atoms with van der Waals surface area (Å²) in [4.78, 5) is 18.2. The first-order valence-corrected chi connectivity index (χ1v) is 9.72. The zero-order valence-electron chi connectivity index (χ0n) is 17.1. The Balaban J connectivity index is 0.00000392. The average molecular weight is 507 g/mol. The van der Waals surface area contributed by atoms with Crippen LogP contribution in [0.4, 0.5) is 0 Å². The number of halogens is 1. The van der Waals surface area contributed by atoms with Crippen LogP contribution < -0.4 is 16.4 Å². The van der Waals surface area contributed by atoms with Crippen LogP contribution in [0.25, 0.3) is 0 Å². The van der Waals surface area contributed by atoms with Gasteiger partial charge >= 0.3 is 0 Å². The maximum atomic E-state index is 11.1. The summed E-state index contributed by atoms with van der Waals surface area (Å²) < 4.78 is 10.9. The summed E-state index contributed by atoms with van der Waals surface area (Å²) in [5.74, 6) is 1.54. The van der Waals surface area contributed by atoms with Crippen molar-refractivity contribution in [2.24, 2.45) is 16.6 Å². The van der Waals surface area contributed by atoms with Gasteiger partial charge in [0.2, 0.25) is 0 Å². The number of guanidine groups is 1. The number of primary amides is 1. The van der Waals surface area contributed by atoms with Crippen LogP contribution >= 0.6 is 24.0 Å². The predicted molar refractivity (Wildman–Crippen MR) is 121 cm³/mol. The van der Waals surface area contributed by atoms with Gasteiger partial charge in [-0.25, -0.2) is 4.99 Å². The Bertz CT molecular complexity index is 614. The summed E-state index contributed by atoms with van der Waals surface area (Å²) in [7, 11) is 0. The number of hydrogen-bond acceptors (Lipinski definition) is 5. The molecule has 2 heterocycles. The Morgan fingerprint density at radius 1 is 1.29 bits per heavy atom. The molecule has 0 saturated carbocycles. The number of furan rings is 1. The SMILES string of the molecule is CCNC(=NCc1ccc(C(N)=O)o1)NCC(CC(C)C)N1CCOCC1.I. The van der Waals surface area contributed by atoms with Crippen LogP contribution in [0.3, 0.4) is 0 Å². The van der Waals surface area contributed by atoms with Crippen molar-refractivity contribution < 1.29 is 13.9 Å². The van der Waals surface area contributed by atoms with E-state index in [4.69, 9.17) is 14.9 Å². The Kier molecular flexibility index (Phi) is 11.5. The summed E-state index contributed by atoms with van der Waals surface area (Å²) in [6.45, 7) is 12.0. The molecule has 1 unspecified atom stereocenters. The Morgan fingerprint density at radius 2 is 2.00 bits per heavy atom. The van der Waals surface area contributed by atoms with E-state index >= 15 is 0 Å². The van der Waals surface area contributed by atoms with Gasteiger partial charge in [0.05, 0.1) is 13.2 Å². The molecule has 1 aliphatic rings. The van der Waals surface area contributed by atoms with Crippen LogP contribution in [0.1, 0.15) is 43.5 Å². The molecule has 1 aromatic heterocycles. The number of rotatable bonds is 9. The highest BCUT2D eigenvalue weighted by atomic mass is 127. The number of ether oxygens (including phenoxy) is 1. The number of carbonyl (C=O) groups excluding carboxylic acids is 1. The van der Waals surface area contributed by atoms with Crippen molar-refractivity contribution >= 4 is 35.8 Å². The second-order valence-corrected chi connectivity index (χ2v) is 7.14. The molecule has 0 aliphatic carbocycles. The zero-order chi connectivity index (χ0) is 19.6. The first-order chi connectivity index (χ1) is 13.0. The summed E-state index contributed by atoms with van der Waals surface area (Å²) in [5, 5.41) is 6.70. The first kappa shape index (κ1) is 24.7. The molecule has 0 aromatic carbocycles. The molecule has 1 aromatic rings. The highest BCUT2D eigenvalue weighted by Crippen LogP contribution is 2.13. The fourth-order valence-electron chi connectivity index (χ4n) is 3.16. The third-order valence-corrected chi connectivity index (χ3v) is 4.45. The minimum Gasteiger partial charge on any atom is -0.454 e. The van der Waals surface area contributed by atoms with E-state index in [2.05, 4.69) is 34.4 Å². The molecule has 1 atom stereocenters. The van der Waals surface area contributed by atoms with Gasteiger partial charge in [0.25, 0.3) is 5.91 Å². The van der Waals surface area contributed by atoms with E-state index in [0.29, 0.717) is 24.3 Å². The van der Waals surface area contributed by atoms with Gasteiger partial charge in [0, 0.05) is 32.2 Å². The predicted octanol–water partition coefficient (Wildman–Crippen LogP) is 1.80. The van der Waals surface area contributed by atoms with Gasteiger partial charge < -0.3 is 25.5 Å². The van der Waals surface area contributed by atoms with Crippen molar-refractivity contribution in [3.05, 3.63) is 23.7 Å². The fraction of sp³-hybridized carbons (Fsp3) is 0.684. The van der Waals surface area contributed by atoms with Crippen molar-refractivity contribution in [1.82, 2.24) is 15.5 Å². The Labute approximate surface area is 184 Å². The van der Waals surface area contributed by atoms with Gasteiger partial charge in [-0.3, -0.25) is 9.69 Å². The van der Waals surface area contributed by atoms with Crippen LogP contribution in [0.2, 0.25) is 0 Å². The highest BCUT2D eigenvalue weighted by Gasteiger charge is 2.22. The number of aliphatic imine (C=N–C) groups is 1. The van der Waals surface area contributed by atoms with Gasteiger partial charge in [0.15, 0.2) is 11.7 Å². The third kappa shape index (κ3) is 8.36. The van der Waals surface area contributed by atoms with Crippen LogP contribution in [-0.2, 0) is 11.3 Å². The molecular formula is C19H34IN5O3. The van der Waals surface area contributed by atoms with Gasteiger partial charge in [-0.1, -0.05) is 13.8 Å². The number of carbonyl (C=O) groups is 1. The topological polar surface area (TPSA) is 105 Å². The standard InChI is InChI=1S/C19H33N5O3.HI/c1-4-21-19(23-13-16-5-6-17(27-16)18(20)25)22-12-15(11-14(2)3)24-7-9-26-10-8-24;/h5-6,14-15H,4,7-13H2,1-3H3,(H2,20,25)(H2,21,22,23);1H. The number of nitrogens with one attached hydrogen (secondary N) is 2. The average Bonchev–Trinajstić information content (AvgIpc) is 3.12. The zero-order valence-corrected chi connectivity index (χ0v) is 19.4. The molecule has 160 valence electrons. The van der Waals surface area contributed by atoms with E-state index < -0.39 is 5.91 Å². The molecule has 8 nitrogen and oxygen atoms in total. The fourth-order valence-corrected chi connectivity index (χ4v) is 3.16. The van der Waals surface area contributed by atoms with Crippen molar-refractivity contribution in [2.45, 2.75) is 39.8 Å². The molecule has 4 N–H and O–H groups in total. The van der Waals surface area contributed by atoms with E-state index in [9.17, 15) is 4.79 Å². The first-order valence-electron chi connectivity index (χ1n) is 9.72. The van der Waals surface area contributed by atoms with E-state index in [0.717, 1.165) is 51.8 Å². The van der Waals surface area contributed by atoms with Gasteiger partial charge in [0.1, 0.15) is 12.3 Å². The number of morpholine rings is 1. The molecule has 1 fully saturated rings. The smallest absolute Gasteiger partial charge is 0.284 e. The molecule has 0 spiro atoms. The third-order valence-electron chi connectivity index (χ3n) is 4.45. The molecule has 1 saturated heterocycles. The molecule has 1 amide bonds. The van der Waals surface area contributed by atoms with Crippen LogP contribution in [0, 0.1) is 5.92 Å². The molecule has 2 rings (SSSR count). The lowest BCUT2D eigenvalue weighted by Crippen LogP contribution is -2.51. The second-order valence-electron chi connectivity index (χ2n) is 7.14. The molecule has 0 radical (unpaired) electrons. The largest absolute Gasteiger partial charge is 0.454 e. The van der Waals surface area contributed by atoms with E-state index in [1.807, 2.05) is 6.92 Å². The van der Waals surface area contributed by atoms with E-state index in [1.165, 1.54) is 0 Å². The molecule has 1 aliphatic heterocycles. The molecule has 0 bridgehead atoms. The molecule has 28 heavy (non-hydrogen) atoms. The van der Waals surface area contributed by atoms with Crippen LogP contribution in [0.15, 0.2) is 21.5 Å².